The van der Waals surface area contributed by atoms with Crippen molar-refractivity contribution in [3.05, 3.63) is 156 Å². The van der Waals surface area contributed by atoms with Crippen molar-refractivity contribution in [1.29, 1.82) is 0 Å². The molecule has 0 radical (unpaired) electrons. The number of aromatic nitrogens is 1. The molecule has 1 atom stereocenters. The van der Waals surface area contributed by atoms with Gasteiger partial charge in [-0.3, -0.25) is 0 Å². The van der Waals surface area contributed by atoms with E-state index in [0.29, 0.717) is 5.25 Å². The van der Waals surface area contributed by atoms with Crippen LogP contribution in [0.2, 0.25) is 0 Å². The van der Waals surface area contributed by atoms with E-state index in [9.17, 15) is 0 Å². The highest BCUT2D eigenvalue weighted by molar-refractivity contribution is 8.00. The van der Waals surface area contributed by atoms with Crippen LogP contribution in [-0.2, 0) is 6.42 Å². The Bertz CT molecular complexity index is 2620. The molecule has 1 unspecified atom stereocenters. The van der Waals surface area contributed by atoms with Crippen molar-refractivity contribution >= 4 is 55.9 Å². The maximum absolute atomic E-state index is 2.53. The number of rotatable bonds is 2. The van der Waals surface area contributed by atoms with Crippen LogP contribution in [0.1, 0.15) is 16.8 Å². The first-order chi connectivity index (χ1) is 22.8. The van der Waals surface area contributed by atoms with E-state index >= 15 is 0 Å². The molecule has 11 rings (SSSR count). The van der Waals surface area contributed by atoms with Crippen LogP contribution in [0.3, 0.4) is 0 Å². The van der Waals surface area contributed by atoms with E-state index in [1.807, 2.05) is 11.8 Å². The van der Waals surface area contributed by atoms with Gasteiger partial charge in [-0.2, -0.15) is 0 Å². The molecule has 0 amide bonds. The second kappa shape index (κ2) is 9.13. The van der Waals surface area contributed by atoms with Gasteiger partial charge in [-0.25, -0.2) is 0 Å². The lowest BCUT2D eigenvalue weighted by Gasteiger charge is -2.20. The Morgan fingerprint density at radius 2 is 1.26 bits per heavy atom. The van der Waals surface area contributed by atoms with Crippen molar-refractivity contribution in [1.82, 2.24) is 4.57 Å². The number of hydrogen-bond donors (Lipinski definition) is 0. The summed E-state index contributed by atoms with van der Waals surface area (Å²) in [5.74, 6) is 0. The molecule has 2 heteroatoms. The van der Waals surface area contributed by atoms with Crippen LogP contribution in [-0.4, -0.2) is 9.82 Å². The van der Waals surface area contributed by atoms with Gasteiger partial charge in [0.2, 0.25) is 0 Å². The van der Waals surface area contributed by atoms with Crippen LogP contribution in [0.15, 0.2) is 144 Å². The van der Waals surface area contributed by atoms with Crippen molar-refractivity contribution in [2.24, 2.45) is 0 Å². The summed E-state index contributed by atoms with van der Waals surface area (Å²) in [5, 5.41) is 7.18. The molecule has 2 aliphatic carbocycles. The molecule has 0 N–H and O–H groups in total. The molecular weight excluding hydrogens is 575 g/mol. The van der Waals surface area contributed by atoms with E-state index in [2.05, 4.69) is 150 Å². The first kappa shape index (κ1) is 24.9. The lowest BCUT2D eigenvalue weighted by Crippen LogP contribution is -2.11. The Morgan fingerprint density at radius 3 is 2.17 bits per heavy atom. The highest BCUT2D eigenvalue weighted by Crippen LogP contribution is 2.52. The van der Waals surface area contributed by atoms with Gasteiger partial charge in [-0.15, -0.1) is 11.8 Å². The Labute approximate surface area is 271 Å². The smallest absolute Gasteiger partial charge is 0.0544 e. The molecule has 46 heavy (non-hydrogen) atoms. The van der Waals surface area contributed by atoms with Gasteiger partial charge in [0.05, 0.1) is 11.2 Å². The number of nitrogens with zero attached hydrogens (tertiary/aromatic N) is 1. The van der Waals surface area contributed by atoms with Gasteiger partial charge in [0.1, 0.15) is 0 Å². The molecular formula is C44H27NS. The highest BCUT2D eigenvalue weighted by atomic mass is 32.2. The van der Waals surface area contributed by atoms with E-state index in [1.165, 1.54) is 98.8 Å². The van der Waals surface area contributed by atoms with Gasteiger partial charge in [-0.05, 0) is 108 Å². The average Bonchev–Trinajstić information content (AvgIpc) is 3.76. The zero-order valence-corrected chi connectivity index (χ0v) is 25.8. The van der Waals surface area contributed by atoms with Crippen LogP contribution in [0.4, 0.5) is 0 Å². The number of fused-ring (bicyclic) bond motifs is 11. The fraction of sp³-hybridized carbons (Fsp3) is 0.0455. The second-order valence-corrected chi connectivity index (χ2v) is 14.0. The van der Waals surface area contributed by atoms with Gasteiger partial charge in [0.15, 0.2) is 0 Å². The highest BCUT2D eigenvalue weighted by Gasteiger charge is 2.34. The third kappa shape index (κ3) is 3.27. The summed E-state index contributed by atoms with van der Waals surface area (Å²) in [4.78, 5) is 1.40. The van der Waals surface area contributed by atoms with Gasteiger partial charge < -0.3 is 4.57 Å². The Morgan fingerprint density at radius 1 is 0.543 bits per heavy atom. The first-order valence-electron chi connectivity index (χ1n) is 16.1. The van der Waals surface area contributed by atoms with Gasteiger partial charge in [0.25, 0.3) is 0 Å². The van der Waals surface area contributed by atoms with E-state index in [4.69, 9.17) is 0 Å². The zero-order chi connectivity index (χ0) is 29.9. The average molecular weight is 602 g/mol. The molecule has 0 saturated carbocycles. The van der Waals surface area contributed by atoms with Crippen molar-refractivity contribution in [2.45, 2.75) is 16.6 Å². The molecule has 8 aromatic rings. The molecule has 3 aliphatic rings. The molecule has 1 nitrogen and oxygen atoms in total. The van der Waals surface area contributed by atoms with Crippen molar-refractivity contribution in [3.8, 4) is 39.1 Å². The molecule has 0 spiro atoms. The topological polar surface area (TPSA) is 4.93 Å². The molecule has 214 valence electrons. The summed E-state index contributed by atoms with van der Waals surface area (Å²) in [6, 6.07) is 52.0. The third-order valence-corrected chi connectivity index (χ3v) is 11.8. The molecule has 1 aliphatic heterocycles. The van der Waals surface area contributed by atoms with Crippen LogP contribution in [0.5, 0.6) is 0 Å². The Hall–Kier alpha value is -5.31. The van der Waals surface area contributed by atoms with Gasteiger partial charge in [0, 0.05) is 21.2 Å². The Kier molecular flexibility index (Phi) is 4.95. The standard InChI is InChI=1S/C44H27NS/c1-2-12-30-26(9-1)19-22-39-44(30)38-25-42-37(33-15-5-6-18-41(33)46-42)24-40(38)45(39)28-11-7-10-27(23-28)29-20-21-36-32-14-4-3-13-31(32)35-17-8-16-34(29)43(35)36/h1-24,42H,25H2. The summed E-state index contributed by atoms with van der Waals surface area (Å²) in [7, 11) is 0. The third-order valence-electron chi connectivity index (χ3n) is 10.5. The minimum absolute atomic E-state index is 0.451. The second-order valence-electron chi connectivity index (χ2n) is 12.8. The van der Waals surface area contributed by atoms with Crippen LogP contribution < -0.4 is 0 Å². The number of benzene rings is 7. The summed E-state index contributed by atoms with van der Waals surface area (Å²) in [5.41, 5.74) is 16.0. The maximum atomic E-state index is 2.53. The first-order valence-corrected chi connectivity index (χ1v) is 17.0. The molecule has 1 aromatic heterocycles. The molecule has 0 bridgehead atoms. The van der Waals surface area contributed by atoms with E-state index in [0.717, 1.165) is 6.42 Å². The minimum atomic E-state index is 0.451. The summed E-state index contributed by atoms with van der Waals surface area (Å²) in [6.07, 6.45) is 3.53. The van der Waals surface area contributed by atoms with Gasteiger partial charge in [-0.1, -0.05) is 115 Å². The molecule has 2 heterocycles. The van der Waals surface area contributed by atoms with Crippen LogP contribution >= 0.6 is 11.8 Å². The predicted octanol–water partition coefficient (Wildman–Crippen LogP) is 11.8. The monoisotopic (exact) mass is 601 g/mol. The SMILES string of the molecule is C1=C2c3ccccc3SC2Cc2c1n(-c1cccc(-c3ccc4c5c(cccc35)-c3ccccc3-4)c1)c1ccc3ccccc3c21. The molecule has 7 aromatic carbocycles. The van der Waals surface area contributed by atoms with E-state index < -0.39 is 0 Å². The normalized spacial score (nSPS) is 15.6. The quantitative estimate of drug-likeness (QED) is 0.191. The lowest BCUT2D eigenvalue weighted by molar-refractivity contribution is 1.00. The van der Waals surface area contributed by atoms with Crippen molar-refractivity contribution in [3.63, 3.8) is 0 Å². The van der Waals surface area contributed by atoms with E-state index in [-0.39, 0.29) is 0 Å². The fourth-order valence-electron chi connectivity index (χ4n) is 8.52. The number of hydrogen-bond acceptors (Lipinski definition) is 1. The molecule has 0 saturated heterocycles. The lowest BCUT2D eigenvalue weighted by atomic mass is 9.90. The summed E-state index contributed by atoms with van der Waals surface area (Å²) >= 11 is 2.03. The summed E-state index contributed by atoms with van der Waals surface area (Å²) < 4.78 is 2.53. The van der Waals surface area contributed by atoms with Crippen LogP contribution in [0.25, 0.3) is 83.2 Å². The van der Waals surface area contributed by atoms with Crippen molar-refractivity contribution < 1.29 is 0 Å². The minimum Gasteiger partial charge on any atom is -0.310 e. The number of thioether (sulfide) groups is 1. The van der Waals surface area contributed by atoms with Crippen molar-refractivity contribution in [2.75, 3.05) is 0 Å². The molecule has 0 fully saturated rings. The maximum Gasteiger partial charge on any atom is 0.0544 e. The van der Waals surface area contributed by atoms with Crippen LogP contribution in [0, 0.1) is 0 Å². The van der Waals surface area contributed by atoms with E-state index in [1.54, 1.807) is 0 Å². The predicted molar refractivity (Wildman–Crippen MR) is 196 cm³/mol. The van der Waals surface area contributed by atoms with Gasteiger partial charge >= 0.3 is 0 Å². The Balaban J connectivity index is 1.16. The largest absolute Gasteiger partial charge is 0.310 e. The fourth-order valence-corrected chi connectivity index (χ4v) is 9.87. The summed E-state index contributed by atoms with van der Waals surface area (Å²) in [6.45, 7) is 0. The zero-order valence-electron chi connectivity index (χ0n) is 25.0.